The molecular weight excluding hydrogens is 236 g/mol. The quantitative estimate of drug-likeness (QED) is 0.920. The van der Waals surface area contributed by atoms with Crippen LogP contribution >= 0.6 is 0 Å². The number of nitrogens with zero attached hydrogens (tertiary/aromatic N) is 1. The number of nitrogens with two attached hydrogens (primary N) is 1. The second kappa shape index (κ2) is 4.82. The molecule has 3 nitrogen and oxygen atoms in total. The molecule has 0 aliphatic heterocycles. The van der Waals surface area contributed by atoms with Crippen molar-refractivity contribution < 1.29 is 4.74 Å². The molecule has 2 rings (SSSR count). The van der Waals surface area contributed by atoms with Gasteiger partial charge in [0.15, 0.2) is 0 Å². The van der Waals surface area contributed by atoms with Crippen molar-refractivity contribution in [2.24, 2.45) is 5.73 Å². The Kier molecular flexibility index (Phi) is 3.50. The molecule has 0 spiro atoms. The zero-order valence-corrected chi connectivity index (χ0v) is 12.4. The van der Waals surface area contributed by atoms with Gasteiger partial charge in [0, 0.05) is 22.7 Å². The van der Waals surface area contributed by atoms with Crippen molar-refractivity contribution in [3.8, 4) is 5.75 Å². The fourth-order valence-corrected chi connectivity index (χ4v) is 2.46. The third-order valence-electron chi connectivity index (χ3n) is 3.13. The van der Waals surface area contributed by atoms with Crippen LogP contribution in [-0.4, -0.2) is 17.6 Å². The number of fused-ring (bicyclic) bond motifs is 1. The lowest BCUT2D eigenvalue weighted by atomic mass is 9.93. The number of ether oxygens (including phenoxy) is 1. The van der Waals surface area contributed by atoms with Crippen molar-refractivity contribution in [1.29, 1.82) is 0 Å². The van der Waals surface area contributed by atoms with E-state index in [-0.39, 0.29) is 5.54 Å². The van der Waals surface area contributed by atoms with Crippen LogP contribution in [0.1, 0.15) is 30.7 Å². The molecule has 102 valence electrons. The number of hydrogen-bond acceptors (Lipinski definition) is 3. The van der Waals surface area contributed by atoms with Crippen LogP contribution in [0.3, 0.4) is 0 Å². The Morgan fingerprint density at radius 2 is 1.89 bits per heavy atom. The zero-order chi connectivity index (χ0) is 14.2. The molecule has 0 bridgehead atoms. The Hall–Kier alpha value is -1.61. The second-order valence-corrected chi connectivity index (χ2v) is 5.94. The predicted molar refractivity (Wildman–Crippen MR) is 79.7 cm³/mol. The minimum atomic E-state index is -0.217. The van der Waals surface area contributed by atoms with Crippen molar-refractivity contribution in [2.75, 3.05) is 7.11 Å². The van der Waals surface area contributed by atoms with Gasteiger partial charge in [-0.05, 0) is 51.3 Å². The van der Waals surface area contributed by atoms with E-state index in [2.05, 4.69) is 24.0 Å². The summed E-state index contributed by atoms with van der Waals surface area (Å²) in [6.07, 6.45) is 0.834. The molecule has 2 aromatic rings. The van der Waals surface area contributed by atoms with Crippen molar-refractivity contribution in [3.05, 3.63) is 35.0 Å². The number of benzene rings is 1. The molecule has 0 unspecified atom stereocenters. The van der Waals surface area contributed by atoms with Gasteiger partial charge in [-0.3, -0.25) is 4.98 Å². The molecule has 0 aliphatic carbocycles. The highest BCUT2D eigenvalue weighted by Gasteiger charge is 2.14. The summed E-state index contributed by atoms with van der Waals surface area (Å²) in [4.78, 5) is 4.61. The summed E-state index contributed by atoms with van der Waals surface area (Å²) in [5.41, 5.74) is 10.3. The molecule has 0 atom stereocenters. The van der Waals surface area contributed by atoms with Gasteiger partial charge in [-0.1, -0.05) is 6.07 Å². The maximum atomic E-state index is 6.11. The number of hydrogen-bond donors (Lipinski definition) is 1. The summed E-state index contributed by atoms with van der Waals surface area (Å²) in [7, 11) is 1.70. The molecule has 0 radical (unpaired) electrons. The van der Waals surface area contributed by atoms with Crippen LogP contribution in [0.2, 0.25) is 0 Å². The van der Waals surface area contributed by atoms with Gasteiger partial charge in [-0.2, -0.15) is 0 Å². The van der Waals surface area contributed by atoms with Gasteiger partial charge in [0.2, 0.25) is 0 Å². The van der Waals surface area contributed by atoms with Gasteiger partial charge in [0.1, 0.15) is 5.75 Å². The normalized spacial score (nSPS) is 11.9. The van der Waals surface area contributed by atoms with Crippen molar-refractivity contribution in [3.63, 3.8) is 0 Å². The van der Waals surface area contributed by atoms with E-state index < -0.39 is 0 Å². The maximum Gasteiger partial charge on any atom is 0.130 e. The Bertz CT molecular complexity index is 612. The van der Waals surface area contributed by atoms with Crippen LogP contribution < -0.4 is 10.5 Å². The molecule has 0 fully saturated rings. The molecule has 3 heteroatoms. The third-order valence-corrected chi connectivity index (χ3v) is 3.13. The number of aromatic nitrogens is 1. The van der Waals surface area contributed by atoms with Crippen LogP contribution in [0.15, 0.2) is 18.2 Å². The summed E-state index contributed by atoms with van der Waals surface area (Å²) in [5, 5.41) is 1.06. The topological polar surface area (TPSA) is 48.1 Å². The highest BCUT2D eigenvalue weighted by atomic mass is 16.5. The van der Waals surface area contributed by atoms with Gasteiger partial charge < -0.3 is 10.5 Å². The summed E-state index contributed by atoms with van der Waals surface area (Å²) in [6, 6.07) is 6.28. The van der Waals surface area contributed by atoms with Gasteiger partial charge in [0.25, 0.3) is 0 Å². The van der Waals surface area contributed by atoms with Gasteiger partial charge in [-0.15, -0.1) is 0 Å². The van der Waals surface area contributed by atoms with Gasteiger partial charge in [0.05, 0.1) is 12.6 Å². The lowest BCUT2D eigenvalue weighted by Crippen LogP contribution is -2.34. The van der Waals surface area contributed by atoms with E-state index in [9.17, 15) is 0 Å². The van der Waals surface area contributed by atoms with E-state index in [0.717, 1.165) is 28.8 Å². The van der Waals surface area contributed by atoms with E-state index in [1.807, 2.05) is 26.8 Å². The van der Waals surface area contributed by atoms with E-state index >= 15 is 0 Å². The SMILES string of the molecule is COc1cc(C)nc2c(C)cc(CC(C)(C)N)cc12. The standard InChI is InChI=1S/C16H22N2O/c1-10-6-12(9-16(3,4)17)8-13-14(19-5)7-11(2)18-15(10)13/h6-8H,9,17H2,1-5H3. The largest absolute Gasteiger partial charge is 0.496 e. The smallest absolute Gasteiger partial charge is 0.130 e. The molecule has 0 amide bonds. The molecule has 0 saturated carbocycles. The van der Waals surface area contributed by atoms with Crippen molar-refractivity contribution >= 4 is 10.9 Å². The lowest BCUT2D eigenvalue weighted by molar-refractivity contribution is 0.419. The maximum absolute atomic E-state index is 6.11. The highest BCUT2D eigenvalue weighted by Crippen LogP contribution is 2.29. The summed E-state index contributed by atoms with van der Waals surface area (Å²) in [5.74, 6) is 0.877. The van der Waals surface area contributed by atoms with E-state index in [0.29, 0.717) is 0 Å². The zero-order valence-electron chi connectivity index (χ0n) is 12.4. The first-order valence-corrected chi connectivity index (χ1v) is 6.54. The predicted octanol–water partition coefficient (Wildman–Crippen LogP) is 3.14. The lowest BCUT2D eigenvalue weighted by Gasteiger charge is -2.19. The Balaban J connectivity index is 2.64. The Morgan fingerprint density at radius 1 is 1.21 bits per heavy atom. The van der Waals surface area contributed by atoms with E-state index in [1.165, 1.54) is 11.1 Å². The highest BCUT2D eigenvalue weighted by molar-refractivity contribution is 5.88. The third kappa shape index (κ3) is 3.04. The molecule has 2 N–H and O–H groups in total. The molecule has 19 heavy (non-hydrogen) atoms. The first-order valence-electron chi connectivity index (χ1n) is 6.54. The fourth-order valence-electron chi connectivity index (χ4n) is 2.46. The Morgan fingerprint density at radius 3 is 2.47 bits per heavy atom. The molecular formula is C16H22N2O. The molecule has 1 heterocycles. The van der Waals surface area contributed by atoms with E-state index in [4.69, 9.17) is 10.5 Å². The van der Waals surface area contributed by atoms with Gasteiger partial charge in [-0.25, -0.2) is 0 Å². The van der Waals surface area contributed by atoms with Gasteiger partial charge >= 0.3 is 0 Å². The summed E-state index contributed by atoms with van der Waals surface area (Å²) >= 11 is 0. The molecule has 0 aliphatic rings. The molecule has 0 saturated heterocycles. The van der Waals surface area contributed by atoms with Crippen LogP contribution in [0.25, 0.3) is 10.9 Å². The number of aryl methyl sites for hydroxylation is 2. The molecule has 1 aromatic heterocycles. The number of methoxy groups -OCH3 is 1. The monoisotopic (exact) mass is 258 g/mol. The average Bonchev–Trinajstić information content (AvgIpc) is 2.27. The van der Waals surface area contributed by atoms with Crippen molar-refractivity contribution in [2.45, 2.75) is 39.7 Å². The first kappa shape index (κ1) is 13.8. The Labute approximate surface area is 114 Å². The summed E-state index contributed by atoms with van der Waals surface area (Å²) in [6.45, 7) is 8.15. The van der Waals surface area contributed by atoms with Crippen LogP contribution in [0.5, 0.6) is 5.75 Å². The molecule has 1 aromatic carbocycles. The average molecular weight is 258 g/mol. The minimum Gasteiger partial charge on any atom is -0.496 e. The van der Waals surface area contributed by atoms with Crippen LogP contribution in [-0.2, 0) is 6.42 Å². The van der Waals surface area contributed by atoms with Crippen LogP contribution in [0, 0.1) is 13.8 Å². The summed E-state index contributed by atoms with van der Waals surface area (Å²) < 4.78 is 5.48. The van der Waals surface area contributed by atoms with Crippen molar-refractivity contribution in [1.82, 2.24) is 4.98 Å². The number of rotatable bonds is 3. The van der Waals surface area contributed by atoms with Crippen LogP contribution in [0.4, 0.5) is 0 Å². The number of pyridine rings is 1. The van der Waals surface area contributed by atoms with E-state index in [1.54, 1.807) is 7.11 Å². The first-order chi connectivity index (χ1) is 8.80. The minimum absolute atomic E-state index is 0.217. The fraction of sp³-hybridized carbons (Fsp3) is 0.438. The second-order valence-electron chi connectivity index (χ2n) is 5.94.